The van der Waals surface area contributed by atoms with Gasteiger partial charge in [-0.1, -0.05) is 18.2 Å². The predicted molar refractivity (Wildman–Crippen MR) is 92.7 cm³/mol. The van der Waals surface area contributed by atoms with Gasteiger partial charge in [0.25, 0.3) is 0 Å². The molecule has 21 heavy (non-hydrogen) atoms. The summed E-state index contributed by atoms with van der Waals surface area (Å²) < 4.78 is 0. The fourth-order valence-electron chi connectivity index (χ4n) is 2.34. The number of para-hydroxylation sites is 1. The van der Waals surface area contributed by atoms with Gasteiger partial charge in [-0.3, -0.25) is 4.79 Å². The van der Waals surface area contributed by atoms with E-state index in [-0.39, 0.29) is 30.7 Å². The number of fused-ring (bicyclic) bond motifs is 1. The van der Waals surface area contributed by atoms with E-state index in [0.717, 1.165) is 25.9 Å². The van der Waals surface area contributed by atoms with Gasteiger partial charge in [-0.25, -0.2) is 0 Å². The summed E-state index contributed by atoms with van der Waals surface area (Å²) >= 11 is 0. The van der Waals surface area contributed by atoms with Crippen LogP contribution in [0.15, 0.2) is 24.3 Å². The Morgan fingerprint density at radius 3 is 2.67 bits per heavy atom. The number of rotatable bonds is 5. The van der Waals surface area contributed by atoms with Crippen LogP contribution in [0, 0.1) is 0 Å². The molecule has 0 fully saturated rings. The van der Waals surface area contributed by atoms with Crippen LogP contribution in [-0.2, 0) is 11.2 Å². The van der Waals surface area contributed by atoms with Crippen molar-refractivity contribution in [1.29, 1.82) is 0 Å². The minimum Gasteiger partial charge on any atom is -0.371 e. The molecule has 120 valence electrons. The van der Waals surface area contributed by atoms with Crippen molar-refractivity contribution in [2.24, 2.45) is 5.73 Å². The van der Waals surface area contributed by atoms with E-state index in [1.807, 2.05) is 0 Å². The number of nitrogens with two attached hydrogens (primary N) is 1. The van der Waals surface area contributed by atoms with Gasteiger partial charge in [0.2, 0.25) is 5.91 Å². The highest BCUT2D eigenvalue weighted by Crippen LogP contribution is 2.27. The van der Waals surface area contributed by atoms with Gasteiger partial charge in [-0.2, -0.15) is 0 Å². The summed E-state index contributed by atoms with van der Waals surface area (Å²) in [7, 11) is 0. The van der Waals surface area contributed by atoms with Crippen LogP contribution < -0.4 is 16.0 Å². The Balaban J connectivity index is 0.00000200. The van der Waals surface area contributed by atoms with Crippen molar-refractivity contribution in [3.05, 3.63) is 29.8 Å². The van der Waals surface area contributed by atoms with Crippen molar-refractivity contribution in [2.45, 2.75) is 32.2 Å². The fraction of sp³-hybridized carbons (Fsp3) is 0.533. The zero-order valence-electron chi connectivity index (χ0n) is 12.6. The first-order valence-corrected chi connectivity index (χ1v) is 6.88. The van der Waals surface area contributed by atoms with E-state index in [0.29, 0.717) is 6.54 Å². The maximum absolute atomic E-state index is 11.6. The Labute approximate surface area is 139 Å². The second kappa shape index (κ2) is 8.47. The molecule has 4 nitrogen and oxygen atoms in total. The topological polar surface area (TPSA) is 58.4 Å². The first-order valence-electron chi connectivity index (χ1n) is 6.88. The number of halogens is 2. The Hall–Kier alpha value is -0.970. The van der Waals surface area contributed by atoms with Crippen molar-refractivity contribution in [1.82, 2.24) is 5.32 Å². The third kappa shape index (κ3) is 5.38. The zero-order valence-corrected chi connectivity index (χ0v) is 14.2. The van der Waals surface area contributed by atoms with Crippen LogP contribution in [0.5, 0.6) is 0 Å². The lowest BCUT2D eigenvalue weighted by atomic mass is 10.1. The molecule has 2 rings (SSSR count). The molecule has 1 heterocycles. The standard InChI is InChI=1S/C15H23N3O.2ClH/c1-15(2,16)14(19)17-9-5-10-18-11-8-12-6-3-4-7-13(12)18;;/h3-4,6-7H,5,8-11,16H2,1-2H3,(H,17,19);2*1H. The molecular weight excluding hydrogens is 309 g/mol. The lowest BCUT2D eigenvalue weighted by Gasteiger charge is -2.21. The maximum atomic E-state index is 11.6. The highest BCUT2D eigenvalue weighted by Gasteiger charge is 2.21. The molecule has 1 aliphatic heterocycles. The highest BCUT2D eigenvalue weighted by atomic mass is 35.5. The van der Waals surface area contributed by atoms with E-state index >= 15 is 0 Å². The number of carbonyl (C=O) groups is 1. The zero-order chi connectivity index (χ0) is 13.9. The third-order valence-corrected chi connectivity index (χ3v) is 3.46. The molecule has 0 atom stereocenters. The van der Waals surface area contributed by atoms with E-state index in [2.05, 4.69) is 34.5 Å². The Morgan fingerprint density at radius 2 is 2.00 bits per heavy atom. The molecule has 0 bridgehead atoms. The minimum absolute atomic E-state index is 0. The lowest BCUT2D eigenvalue weighted by molar-refractivity contribution is -0.125. The Kier molecular flexibility index (Phi) is 8.08. The summed E-state index contributed by atoms with van der Waals surface area (Å²) in [5.41, 5.74) is 7.70. The van der Waals surface area contributed by atoms with Crippen LogP contribution in [-0.4, -0.2) is 31.1 Å². The van der Waals surface area contributed by atoms with Crippen molar-refractivity contribution < 1.29 is 4.79 Å². The number of benzene rings is 1. The molecule has 0 saturated carbocycles. The Bertz CT molecular complexity index is 460. The third-order valence-electron chi connectivity index (χ3n) is 3.46. The van der Waals surface area contributed by atoms with Gasteiger partial charge >= 0.3 is 0 Å². The summed E-state index contributed by atoms with van der Waals surface area (Å²) in [5.74, 6) is -0.0886. The molecule has 6 heteroatoms. The summed E-state index contributed by atoms with van der Waals surface area (Å²) in [6, 6.07) is 8.53. The fourth-order valence-corrected chi connectivity index (χ4v) is 2.34. The van der Waals surface area contributed by atoms with E-state index in [9.17, 15) is 4.79 Å². The van der Waals surface area contributed by atoms with Gasteiger partial charge in [0.05, 0.1) is 5.54 Å². The summed E-state index contributed by atoms with van der Waals surface area (Å²) in [6.45, 7) is 6.17. The Morgan fingerprint density at radius 1 is 1.33 bits per heavy atom. The SMILES string of the molecule is CC(C)(N)C(=O)NCCCN1CCc2ccccc21.Cl.Cl. The first-order chi connectivity index (χ1) is 8.98. The summed E-state index contributed by atoms with van der Waals surface area (Å²) in [5, 5.41) is 2.88. The molecule has 0 aromatic heterocycles. The van der Waals surface area contributed by atoms with E-state index in [1.165, 1.54) is 11.3 Å². The van der Waals surface area contributed by atoms with Crippen LogP contribution in [0.1, 0.15) is 25.8 Å². The lowest BCUT2D eigenvalue weighted by Crippen LogP contribution is -2.49. The maximum Gasteiger partial charge on any atom is 0.239 e. The van der Waals surface area contributed by atoms with Crippen LogP contribution in [0.3, 0.4) is 0 Å². The molecule has 1 aromatic carbocycles. The van der Waals surface area contributed by atoms with E-state index in [4.69, 9.17) is 5.73 Å². The number of hydrogen-bond acceptors (Lipinski definition) is 3. The monoisotopic (exact) mass is 333 g/mol. The number of hydrogen-bond donors (Lipinski definition) is 2. The minimum atomic E-state index is -0.791. The van der Waals surface area contributed by atoms with Crippen molar-refractivity contribution in [3.63, 3.8) is 0 Å². The average Bonchev–Trinajstić information content (AvgIpc) is 2.76. The second-order valence-electron chi connectivity index (χ2n) is 5.70. The van der Waals surface area contributed by atoms with Crippen molar-refractivity contribution >= 4 is 36.4 Å². The molecule has 1 aromatic rings. The second-order valence-corrected chi connectivity index (χ2v) is 5.70. The normalized spacial score (nSPS) is 13.0. The van der Waals surface area contributed by atoms with Crippen LogP contribution in [0.2, 0.25) is 0 Å². The summed E-state index contributed by atoms with van der Waals surface area (Å²) in [4.78, 5) is 14.0. The quantitative estimate of drug-likeness (QED) is 0.811. The van der Waals surface area contributed by atoms with Crippen LogP contribution >= 0.6 is 24.8 Å². The average molecular weight is 334 g/mol. The van der Waals surface area contributed by atoms with Crippen LogP contribution in [0.25, 0.3) is 0 Å². The van der Waals surface area contributed by atoms with Crippen molar-refractivity contribution in [3.8, 4) is 0 Å². The molecule has 1 aliphatic rings. The van der Waals surface area contributed by atoms with Crippen LogP contribution in [0.4, 0.5) is 5.69 Å². The van der Waals surface area contributed by atoms with Gasteiger partial charge in [0.1, 0.15) is 0 Å². The van der Waals surface area contributed by atoms with Gasteiger partial charge in [0.15, 0.2) is 0 Å². The molecule has 0 unspecified atom stereocenters. The molecule has 1 amide bonds. The smallest absolute Gasteiger partial charge is 0.239 e. The van der Waals surface area contributed by atoms with E-state index in [1.54, 1.807) is 13.8 Å². The largest absolute Gasteiger partial charge is 0.371 e. The van der Waals surface area contributed by atoms with E-state index < -0.39 is 5.54 Å². The molecule has 0 aliphatic carbocycles. The molecule has 3 N–H and O–H groups in total. The number of amides is 1. The highest BCUT2D eigenvalue weighted by molar-refractivity contribution is 5.85. The number of carbonyl (C=O) groups excluding carboxylic acids is 1. The molecule has 0 saturated heterocycles. The number of nitrogens with zero attached hydrogens (tertiary/aromatic N) is 1. The van der Waals surface area contributed by atoms with Gasteiger partial charge in [-0.05, 0) is 38.3 Å². The van der Waals surface area contributed by atoms with Crippen molar-refractivity contribution in [2.75, 3.05) is 24.5 Å². The predicted octanol–water partition coefficient (Wildman–Crippen LogP) is 2.14. The molecule has 0 spiro atoms. The summed E-state index contributed by atoms with van der Waals surface area (Å²) in [6.07, 6.45) is 2.06. The number of anilines is 1. The first kappa shape index (κ1) is 20.0. The van der Waals surface area contributed by atoms with Gasteiger partial charge < -0.3 is 16.0 Å². The van der Waals surface area contributed by atoms with Gasteiger partial charge in [-0.15, -0.1) is 24.8 Å². The molecular formula is C15H25Cl2N3O. The number of nitrogens with one attached hydrogen (secondary N) is 1. The molecule has 0 radical (unpaired) electrons. The van der Waals surface area contributed by atoms with Gasteiger partial charge in [0, 0.05) is 25.3 Å².